The van der Waals surface area contributed by atoms with E-state index in [1.54, 1.807) is 6.26 Å². The first-order chi connectivity index (χ1) is 14.5. The number of fused-ring (bicyclic) bond motifs is 2. The molecule has 3 aromatic rings. The summed E-state index contributed by atoms with van der Waals surface area (Å²) in [6, 6.07) is 2.00. The van der Waals surface area contributed by atoms with E-state index in [2.05, 4.69) is 26.1 Å². The number of nitrogens with one attached hydrogen (secondary N) is 1. The van der Waals surface area contributed by atoms with Gasteiger partial charge < -0.3 is 24.1 Å². The van der Waals surface area contributed by atoms with Crippen molar-refractivity contribution < 1.29 is 23.5 Å². The van der Waals surface area contributed by atoms with Crippen LogP contribution in [0.3, 0.4) is 0 Å². The Kier molecular flexibility index (Phi) is 6.25. The Hall–Kier alpha value is -3.09. The first kappa shape index (κ1) is 22.6. The Balaban J connectivity index is 1.91. The van der Waals surface area contributed by atoms with Crippen LogP contribution >= 0.6 is 0 Å². The summed E-state index contributed by atoms with van der Waals surface area (Å²) in [6.07, 6.45) is 2.32. The van der Waals surface area contributed by atoms with Gasteiger partial charge in [0.1, 0.15) is 11.2 Å². The maximum atomic E-state index is 12.7. The molecule has 0 saturated heterocycles. The van der Waals surface area contributed by atoms with Crippen LogP contribution in [0.15, 0.2) is 26.0 Å². The van der Waals surface area contributed by atoms with Crippen molar-refractivity contribution in [1.29, 1.82) is 0 Å². The van der Waals surface area contributed by atoms with Gasteiger partial charge in [-0.2, -0.15) is 0 Å². The van der Waals surface area contributed by atoms with Crippen LogP contribution in [0.5, 0.6) is 0 Å². The van der Waals surface area contributed by atoms with Gasteiger partial charge in [-0.3, -0.25) is 4.79 Å². The molecule has 31 heavy (non-hydrogen) atoms. The Morgan fingerprint density at radius 1 is 1.06 bits per heavy atom. The molecule has 0 atom stereocenters. The lowest BCUT2D eigenvalue weighted by molar-refractivity contribution is -0.305. The van der Waals surface area contributed by atoms with Crippen LogP contribution in [-0.4, -0.2) is 18.4 Å². The molecule has 166 valence electrons. The molecule has 7 heteroatoms. The minimum Gasteiger partial charge on any atom is -0.550 e. The summed E-state index contributed by atoms with van der Waals surface area (Å²) in [6.45, 7) is 10.4. The Morgan fingerprint density at radius 3 is 2.42 bits per heavy atom. The highest BCUT2D eigenvalue weighted by molar-refractivity contribution is 6.00. The number of furan rings is 1. The van der Waals surface area contributed by atoms with Crippen molar-refractivity contribution in [2.75, 3.05) is 6.54 Å². The van der Waals surface area contributed by atoms with Gasteiger partial charge in [0.2, 0.25) is 5.91 Å². The fraction of sp³-hybridized carbons (Fsp3) is 0.458. The van der Waals surface area contributed by atoms with E-state index in [1.807, 2.05) is 19.9 Å². The number of carboxylic acid groups (broad SMARTS) is 1. The van der Waals surface area contributed by atoms with Crippen molar-refractivity contribution in [1.82, 2.24) is 5.32 Å². The standard InChI is InChI=1S/C24H29NO6/c1-13-15(8-9-19(26)25-10-6-7-20(27)28)23(29)31-22-14(2)21-17(11-16(13)22)18(12-30-21)24(3,4)5/h11-12H,6-10H2,1-5H3,(H,25,26)(H,27,28)/p-1. The molecule has 0 aliphatic heterocycles. The van der Waals surface area contributed by atoms with Gasteiger partial charge in [0.05, 0.1) is 6.26 Å². The maximum Gasteiger partial charge on any atom is 0.339 e. The van der Waals surface area contributed by atoms with Crippen LogP contribution in [0.25, 0.3) is 21.9 Å². The monoisotopic (exact) mass is 426 g/mol. The van der Waals surface area contributed by atoms with Crippen LogP contribution < -0.4 is 16.0 Å². The molecule has 7 nitrogen and oxygen atoms in total. The van der Waals surface area contributed by atoms with Gasteiger partial charge in [0.25, 0.3) is 0 Å². The van der Waals surface area contributed by atoms with E-state index in [1.165, 1.54) is 0 Å². The molecule has 1 aromatic carbocycles. The quantitative estimate of drug-likeness (QED) is 0.459. The molecule has 0 aliphatic carbocycles. The van der Waals surface area contributed by atoms with Crippen molar-refractivity contribution >= 4 is 33.8 Å². The highest BCUT2D eigenvalue weighted by atomic mass is 16.4. The molecule has 0 fully saturated rings. The summed E-state index contributed by atoms with van der Waals surface area (Å²) in [4.78, 5) is 35.2. The number of aryl methyl sites for hydroxylation is 2. The number of rotatable bonds is 7. The average molecular weight is 426 g/mol. The number of carbonyl (C=O) groups excluding carboxylic acids is 2. The van der Waals surface area contributed by atoms with Gasteiger partial charge in [-0.1, -0.05) is 20.8 Å². The molecule has 0 bridgehead atoms. The topological polar surface area (TPSA) is 113 Å². The van der Waals surface area contributed by atoms with E-state index in [0.29, 0.717) is 23.2 Å². The van der Waals surface area contributed by atoms with Crippen LogP contribution in [0.2, 0.25) is 0 Å². The van der Waals surface area contributed by atoms with E-state index in [-0.39, 0.29) is 37.1 Å². The number of carboxylic acids is 1. The first-order valence-electron chi connectivity index (χ1n) is 10.4. The third-order valence-corrected chi connectivity index (χ3v) is 5.63. The number of benzene rings is 1. The molecule has 1 amide bonds. The lowest BCUT2D eigenvalue weighted by Crippen LogP contribution is -2.28. The summed E-state index contributed by atoms with van der Waals surface area (Å²) in [5.41, 5.74) is 3.77. The lowest BCUT2D eigenvalue weighted by Gasteiger charge is -2.17. The summed E-state index contributed by atoms with van der Waals surface area (Å²) in [5.74, 6) is -1.39. The van der Waals surface area contributed by atoms with Gasteiger partial charge in [-0.25, -0.2) is 4.79 Å². The molecular weight excluding hydrogens is 398 g/mol. The van der Waals surface area contributed by atoms with E-state index in [0.717, 1.165) is 27.5 Å². The molecule has 3 rings (SSSR count). The number of hydrogen-bond acceptors (Lipinski definition) is 6. The number of aliphatic carboxylic acids is 1. The van der Waals surface area contributed by atoms with Crippen molar-refractivity contribution in [3.8, 4) is 0 Å². The van der Waals surface area contributed by atoms with Gasteiger partial charge >= 0.3 is 5.63 Å². The van der Waals surface area contributed by atoms with Crippen molar-refractivity contribution in [2.45, 2.75) is 65.7 Å². The zero-order valence-corrected chi connectivity index (χ0v) is 18.6. The van der Waals surface area contributed by atoms with E-state index < -0.39 is 11.6 Å². The van der Waals surface area contributed by atoms with Gasteiger partial charge in [-0.05, 0) is 50.2 Å². The fourth-order valence-electron chi connectivity index (χ4n) is 3.85. The second kappa shape index (κ2) is 8.57. The molecule has 0 radical (unpaired) electrons. The van der Waals surface area contributed by atoms with Crippen molar-refractivity contribution in [3.63, 3.8) is 0 Å². The highest BCUT2D eigenvalue weighted by Crippen LogP contribution is 2.37. The predicted octanol–water partition coefficient (Wildman–Crippen LogP) is 3.03. The molecule has 0 aliphatic rings. The summed E-state index contributed by atoms with van der Waals surface area (Å²) in [5, 5.41) is 14.9. The van der Waals surface area contributed by atoms with Crippen LogP contribution in [0.1, 0.15) is 62.3 Å². The van der Waals surface area contributed by atoms with Gasteiger partial charge in [0, 0.05) is 46.4 Å². The SMILES string of the molecule is Cc1c(CCC(=O)NCCCC(=O)[O-])c(=O)oc2c(C)c3occ(C(C)(C)C)c3cc12. The van der Waals surface area contributed by atoms with E-state index in [9.17, 15) is 19.5 Å². The summed E-state index contributed by atoms with van der Waals surface area (Å²) in [7, 11) is 0. The summed E-state index contributed by atoms with van der Waals surface area (Å²) < 4.78 is 11.5. The largest absolute Gasteiger partial charge is 0.550 e. The minimum atomic E-state index is -1.14. The fourth-order valence-corrected chi connectivity index (χ4v) is 3.85. The van der Waals surface area contributed by atoms with Crippen LogP contribution in [-0.2, 0) is 21.4 Å². The van der Waals surface area contributed by atoms with E-state index in [4.69, 9.17) is 8.83 Å². The number of hydrogen-bond donors (Lipinski definition) is 1. The molecule has 2 aromatic heterocycles. The second-order valence-corrected chi connectivity index (χ2v) is 8.97. The average Bonchev–Trinajstić information content (AvgIpc) is 3.11. The Morgan fingerprint density at radius 2 is 1.77 bits per heavy atom. The van der Waals surface area contributed by atoms with Gasteiger partial charge in [-0.15, -0.1) is 0 Å². The Bertz CT molecular complexity index is 1210. The third-order valence-electron chi connectivity index (χ3n) is 5.63. The first-order valence-corrected chi connectivity index (χ1v) is 10.4. The number of carbonyl (C=O) groups is 2. The second-order valence-electron chi connectivity index (χ2n) is 8.97. The molecule has 0 spiro atoms. The van der Waals surface area contributed by atoms with Crippen molar-refractivity contribution in [2.24, 2.45) is 0 Å². The normalized spacial score (nSPS) is 11.9. The smallest absolute Gasteiger partial charge is 0.339 e. The molecule has 0 saturated carbocycles. The molecule has 0 unspecified atom stereocenters. The highest BCUT2D eigenvalue weighted by Gasteiger charge is 2.23. The van der Waals surface area contributed by atoms with Gasteiger partial charge in [0.15, 0.2) is 0 Å². The van der Waals surface area contributed by atoms with Crippen LogP contribution in [0, 0.1) is 13.8 Å². The zero-order chi connectivity index (χ0) is 22.9. The predicted molar refractivity (Wildman–Crippen MR) is 116 cm³/mol. The Labute approximate surface area is 180 Å². The number of amides is 1. The molecular formula is C24H28NO6-. The maximum absolute atomic E-state index is 12.7. The van der Waals surface area contributed by atoms with E-state index >= 15 is 0 Å². The van der Waals surface area contributed by atoms with Crippen LogP contribution in [0.4, 0.5) is 0 Å². The third kappa shape index (κ3) is 4.65. The zero-order valence-electron chi connectivity index (χ0n) is 18.6. The van der Waals surface area contributed by atoms with Crippen molar-refractivity contribution in [3.05, 3.63) is 45.0 Å². The molecule has 1 N–H and O–H groups in total. The summed E-state index contributed by atoms with van der Waals surface area (Å²) >= 11 is 0. The minimum absolute atomic E-state index is 0.105. The lowest BCUT2D eigenvalue weighted by atomic mass is 9.86. The molecule has 2 heterocycles.